The maximum Gasteiger partial charge on any atom is 0.274 e. The maximum atomic E-state index is 12.1. The van der Waals surface area contributed by atoms with E-state index in [1.54, 1.807) is 30.3 Å². The van der Waals surface area contributed by atoms with E-state index in [1.807, 2.05) is 13.8 Å². The summed E-state index contributed by atoms with van der Waals surface area (Å²) in [5.74, 6) is 0.253. The second kappa shape index (κ2) is 4.66. The number of carbonyl (C=O) groups excluding carboxylic acids is 1. The minimum absolute atomic E-state index is 0.294. The number of nitrogens with two attached hydrogens (primary N) is 1. The summed E-state index contributed by atoms with van der Waals surface area (Å²) < 4.78 is 11.2. The molecule has 0 fully saturated rings. The van der Waals surface area contributed by atoms with Gasteiger partial charge in [0.2, 0.25) is 5.79 Å². The number of nitrogens with one attached hydrogen (secondary N) is 1. The first-order valence-electron chi connectivity index (χ1n) is 6.48. The van der Waals surface area contributed by atoms with Gasteiger partial charge >= 0.3 is 0 Å². The number of aromatic nitrogens is 1. The summed E-state index contributed by atoms with van der Waals surface area (Å²) in [6, 6.07) is 8.43. The molecule has 108 valence electrons. The number of pyridine rings is 1. The molecular weight excluding hydrogens is 270 g/mol. The van der Waals surface area contributed by atoms with Crippen LogP contribution >= 0.6 is 0 Å². The first-order chi connectivity index (χ1) is 9.93. The van der Waals surface area contributed by atoms with Gasteiger partial charge in [0.15, 0.2) is 11.5 Å². The summed E-state index contributed by atoms with van der Waals surface area (Å²) >= 11 is 0. The monoisotopic (exact) mass is 285 g/mol. The van der Waals surface area contributed by atoms with Crippen LogP contribution in [0.1, 0.15) is 24.3 Å². The van der Waals surface area contributed by atoms with E-state index in [2.05, 4.69) is 10.3 Å². The minimum Gasteiger partial charge on any atom is -0.449 e. The van der Waals surface area contributed by atoms with Crippen LogP contribution < -0.4 is 20.5 Å². The molecule has 1 aromatic carbocycles. The molecule has 0 spiro atoms. The van der Waals surface area contributed by atoms with Gasteiger partial charge in [-0.1, -0.05) is 0 Å². The molecule has 0 radical (unpaired) electrons. The summed E-state index contributed by atoms with van der Waals surface area (Å²) in [4.78, 5) is 16.0. The average molecular weight is 285 g/mol. The number of fused-ring (bicyclic) bond motifs is 1. The molecule has 1 amide bonds. The van der Waals surface area contributed by atoms with Crippen LogP contribution in [0.5, 0.6) is 11.5 Å². The van der Waals surface area contributed by atoms with E-state index in [4.69, 9.17) is 15.2 Å². The molecular formula is C15H15N3O3. The number of nitrogen functional groups attached to an aromatic ring is 1. The van der Waals surface area contributed by atoms with Gasteiger partial charge in [-0.25, -0.2) is 4.98 Å². The molecule has 1 aliphatic heterocycles. The van der Waals surface area contributed by atoms with Crippen LogP contribution in [0.4, 0.5) is 11.4 Å². The molecule has 1 aromatic heterocycles. The molecule has 0 saturated heterocycles. The van der Waals surface area contributed by atoms with E-state index in [-0.39, 0.29) is 5.91 Å². The highest BCUT2D eigenvalue weighted by atomic mass is 16.7. The Morgan fingerprint density at radius 2 is 1.95 bits per heavy atom. The van der Waals surface area contributed by atoms with E-state index in [0.29, 0.717) is 28.6 Å². The molecule has 21 heavy (non-hydrogen) atoms. The zero-order chi connectivity index (χ0) is 15.0. The van der Waals surface area contributed by atoms with Gasteiger partial charge in [-0.15, -0.1) is 0 Å². The van der Waals surface area contributed by atoms with Gasteiger partial charge in [-0.05, 0) is 24.3 Å². The third kappa shape index (κ3) is 2.74. The third-order valence-electron chi connectivity index (χ3n) is 2.93. The topological polar surface area (TPSA) is 86.5 Å². The molecule has 1 aliphatic rings. The van der Waals surface area contributed by atoms with Crippen molar-refractivity contribution in [1.82, 2.24) is 4.98 Å². The maximum absolute atomic E-state index is 12.1. The first-order valence-corrected chi connectivity index (χ1v) is 6.48. The number of hydrogen-bond donors (Lipinski definition) is 2. The lowest BCUT2D eigenvalue weighted by molar-refractivity contribution is -0.0431. The Hall–Kier alpha value is -2.76. The van der Waals surface area contributed by atoms with Crippen molar-refractivity contribution in [3.05, 3.63) is 42.2 Å². The number of nitrogens with zero attached hydrogens (tertiary/aromatic N) is 1. The minimum atomic E-state index is -0.691. The third-order valence-corrected chi connectivity index (χ3v) is 2.93. The standard InChI is InChI=1S/C15H15N3O3/c1-15(2)20-12-6-4-10(7-13(12)21-15)18-14(19)11-5-3-9(16)8-17-11/h3-8H,16H2,1-2H3,(H,18,19). The SMILES string of the molecule is CC1(C)Oc2ccc(NC(=O)c3ccc(N)cn3)cc2O1. The van der Waals surface area contributed by atoms with Crippen LogP contribution in [0.25, 0.3) is 0 Å². The highest BCUT2D eigenvalue weighted by Crippen LogP contribution is 2.40. The number of ether oxygens (including phenoxy) is 2. The van der Waals surface area contributed by atoms with Crippen molar-refractivity contribution in [3.63, 3.8) is 0 Å². The second-order valence-corrected chi connectivity index (χ2v) is 5.20. The zero-order valence-electron chi connectivity index (χ0n) is 11.7. The second-order valence-electron chi connectivity index (χ2n) is 5.20. The number of amides is 1. The molecule has 3 rings (SSSR count). The molecule has 0 aliphatic carbocycles. The fraction of sp³-hybridized carbons (Fsp3) is 0.200. The predicted octanol–water partition coefficient (Wildman–Crippen LogP) is 2.42. The van der Waals surface area contributed by atoms with E-state index in [1.165, 1.54) is 6.20 Å². The summed E-state index contributed by atoms with van der Waals surface area (Å²) in [6.45, 7) is 3.65. The molecule has 6 heteroatoms. The highest BCUT2D eigenvalue weighted by molar-refractivity contribution is 6.03. The van der Waals surface area contributed by atoms with E-state index in [0.717, 1.165) is 0 Å². The van der Waals surface area contributed by atoms with Crippen LogP contribution in [0.15, 0.2) is 36.5 Å². The lowest BCUT2D eigenvalue weighted by atomic mass is 10.2. The van der Waals surface area contributed by atoms with Crippen molar-refractivity contribution in [2.45, 2.75) is 19.6 Å². The lowest BCUT2D eigenvalue weighted by Crippen LogP contribution is -2.29. The van der Waals surface area contributed by atoms with Gasteiger partial charge in [0.25, 0.3) is 5.91 Å². The van der Waals surface area contributed by atoms with E-state index in [9.17, 15) is 4.79 Å². The molecule has 3 N–H and O–H groups in total. The van der Waals surface area contributed by atoms with Gasteiger partial charge in [0.05, 0.1) is 11.9 Å². The molecule has 0 atom stereocenters. The van der Waals surface area contributed by atoms with Crippen molar-refractivity contribution in [3.8, 4) is 11.5 Å². The molecule has 2 aromatic rings. The van der Waals surface area contributed by atoms with Crippen LogP contribution in [-0.2, 0) is 0 Å². The van der Waals surface area contributed by atoms with Crippen LogP contribution in [0.3, 0.4) is 0 Å². The molecule has 0 bridgehead atoms. The first kappa shape index (κ1) is 13.2. The van der Waals surface area contributed by atoms with Crippen molar-refractivity contribution in [1.29, 1.82) is 0 Å². The van der Waals surface area contributed by atoms with Crippen molar-refractivity contribution in [2.75, 3.05) is 11.1 Å². The summed E-state index contributed by atoms with van der Waals surface area (Å²) in [7, 11) is 0. The zero-order valence-corrected chi connectivity index (χ0v) is 11.7. The molecule has 2 heterocycles. The van der Waals surface area contributed by atoms with Crippen molar-refractivity contribution in [2.24, 2.45) is 0 Å². The van der Waals surface area contributed by atoms with Gasteiger partial charge < -0.3 is 20.5 Å². The van der Waals surface area contributed by atoms with Crippen LogP contribution in [-0.4, -0.2) is 16.7 Å². The fourth-order valence-corrected chi connectivity index (χ4v) is 2.04. The molecule has 0 saturated carbocycles. The van der Waals surface area contributed by atoms with Crippen molar-refractivity contribution < 1.29 is 14.3 Å². The van der Waals surface area contributed by atoms with Gasteiger partial charge in [-0.3, -0.25) is 4.79 Å². The predicted molar refractivity (Wildman–Crippen MR) is 78.4 cm³/mol. The Kier molecular flexibility index (Phi) is 2.94. The number of carbonyl (C=O) groups is 1. The van der Waals surface area contributed by atoms with E-state index >= 15 is 0 Å². The number of rotatable bonds is 2. The highest BCUT2D eigenvalue weighted by Gasteiger charge is 2.31. The Balaban J connectivity index is 1.77. The van der Waals surface area contributed by atoms with E-state index < -0.39 is 5.79 Å². The lowest BCUT2D eigenvalue weighted by Gasteiger charge is -2.16. The quantitative estimate of drug-likeness (QED) is 0.885. The molecule has 0 unspecified atom stereocenters. The van der Waals surface area contributed by atoms with Crippen molar-refractivity contribution >= 4 is 17.3 Å². The normalized spacial score (nSPS) is 14.8. The number of anilines is 2. The Morgan fingerprint density at radius 3 is 2.67 bits per heavy atom. The Bertz CT molecular complexity index is 696. The van der Waals surface area contributed by atoms with Crippen LogP contribution in [0.2, 0.25) is 0 Å². The average Bonchev–Trinajstić information content (AvgIpc) is 2.72. The van der Waals surface area contributed by atoms with Crippen LogP contribution in [0, 0.1) is 0 Å². The number of hydrogen-bond acceptors (Lipinski definition) is 5. The summed E-state index contributed by atoms with van der Waals surface area (Å²) in [5.41, 5.74) is 6.96. The van der Waals surface area contributed by atoms with Gasteiger partial charge in [0.1, 0.15) is 5.69 Å². The molecule has 6 nitrogen and oxygen atoms in total. The largest absolute Gasteiger partial charge is 0.449 e. The fourth-order valence-electron chi connectivity index (χ4n) is 2.04. The smallest absolute Gasteiger partial charge is 0.274 e. The summed E-state index contributed by atoms with van der Waals surface area (Å²) in [6.07, 6.45) is 1.44. The Labute approximate surface area is 121 Å². The van der Waals surface area contributed by atoms with Gasteiger partial charge in [0, 0.05) is 25.6 Å². The Morgan fingerprint density at radius 1 is 1.19 bits per heavy atom. The number of benzene rings is 1. The van der Waals surface area contributed by atoms with Gasteiger partial charge in [-0.2, -0.15) is 0 Å². The summed E-state index contributed by atoms with van der Waals surface area (Å²) in [5, 5.41) is 2.76.